The van der Waals surface area contributed by atoms with Gasteiger partial charge in [-0.3, -0.25) is 14.3 Å². The molecule has 0 atom stereocenters. The molecule has 0 radical (unpaired) electrons. The number of carbonyl (C=O) groups excluding carboxylic acids is 3. The van der Waals surface area contributed by atoms with Crippen LogP contribution in [0.15, 0.2) is 66.9 Å². The van der Waals surface area contributed by atoms with Gasteiger partial charge in [0, 0.05) is 29.8 Å². The van der Waals surface area contributed by atoms with Gasteiger partial charge in [0.2, 0.25) is 0 Å². The number of nitrogens with one attached hydrogen (secondary N) is 1. The van der Waals surface area contributed by atoms with Gasteiger partial charge in [0.05, 0.1) is 16.9 Å². The Hall–Kier alpha value is -4.33. The van der Waals surface area contributed by atoms with Crippen LogP contribution in [0.2, 0.25) is 0 Å². The molecule has 0 saturated carbocycles. The van der Waals surface area contributed by atoms with Gasteiger partial charge in [0.25, 0.3) is 5.91 Å². The lowest BCUT2D eigenvalue weighted by atomic mass is 10.0. The van der Waals surface area contributed by atoms with Gasteiger partial charge in [0.15, 0.2) is 18.0 Å². The van der Waals surface area contributed by atoms with Gasteiger partial charge in [-0.15, -0.1) is 0 Å². The first kappa shape index (κ1) is 20.9. The Morgan fingerprint density at radius 2 is 1.72 bits per heavy atom. The third kappa shape index (κ3) is 4.24. The summed E-state index contributed by atoms with van der Waals surface area (Å²) < 4.78 is 6.77. The smallest absolute Gasteiger partial charge is 0.340 e. The lowest BCUT2D eigenvalue weighted by Gasteiger charge is -2.11. The highest BCUT2D eigenvalue weighted by atomic mass is 16.5. The summed E-state index contributed by atoms with van der Waals surface area (Å²) in [6, 6.07) is 17.1. The average molecular weight is 428 g/mol. The summed E-state index contributed by atoms with van der Waals surface area (Å²) in [5, 5.41) is 7.65. The summed E-state index contributed by atoms with van der Waals surface area (Å²) in [6.45, 7) is 1.32. The van der Waals surface area contributed by atoms with Gasteiger partial charge in [-0.1, -0.05) is 42.5 Å². The molecule has 4 rings (SSSR count). The minimum Gasteiger partial charge on any atom is -0.452 e. The fraction of sp³-hybridized carbons (Fsp3) is 0.125. The molecule has 8 heteroatoms. The van der Waals surface area contributed by atoms with E-state index < -0.39 is 18.5 Å². The van der Waals surface area contributed by atoms with Crippen LogP contribution in [-0.4, -0.2) is 39.0 Å². The fourth-order valence-corrected chi connectivity index (χ4v) is 3.36. The van der Waals surface area contributed by atoms with Crippen molar-refractivity contribution in [1.82, 2.24) is 14.8 Å². The molecule has 1 N–H and O–H groups in total. The van der Waals surface area contributed by atoms with E-state index in [-0.39, 0.29) is 11.3 Å². The minimum atomic E-state index is -0.675. The molecule has 4 aromatic rings. The van der Waals surface area contributed by atoms with Crippen LogP contribution < -0.4 is 5.32 Å². The van der Waals surface area contributed by atoms with Gasteiger partial charge in [-0.05, 0) is 25.1 Å². The zero-order chi connectivity index (χ0) is 22.7. The predicted molar refractivity (Wildman–Crippen MR) is 118 cm³/mol. The number of aryl methyl sites for hydroxylation is 2. The van der Waals surface area contributed by atoms with Crippen molar-refractivity contribution >= 4 is 34.4 Å². The van der Waals surface area contributed by atoms with Crippen LogP contribution in [0.5, 0.6) is 0 Å². The van der Waals surface area contributed by atoms with Crippen molar-refractivity contribution in [2.24, 2.45) is 7.05 Å². The molecule has 2 aromatic carbocycles. The third-order valence-corrected chi connectivity index (χ3v) is 4.91. The number of nitrogens with zero attached hydrogens (tertiary/aromatic N) is 3. The summed E-state index contributed by atoms with van der Waals surface area (Å²) in [4.78, 5) is 41.8. The largest absolute Gasteiger partial charge is 0.452 e. The van der Waals surface area contributed by atoms with Crippen LogP contribution >= 0.6 is 0 Å². The fourth-order valence-electron chi connectivity index (χ4n) is 3.36. The second-order valence-corrected chi connectivity index (χ2v) is 7.17. The molecular formula is C24H20N4O4. The highest BCUT2D eigenvalue weighted by Gasteiger charge is 2.17. The maximum absolute atomic E-state index is 12.8. The zero-order valence-corrected chi connectivity index (χ0v) is 17.5. The maximum Gasteiger partial charge on any atom is 0.340 e. The summed E-state index contributed by atoms with van der Waals surface area (Å²) in [5.74, 6) is -1.45. The quantitative estimate of drug-likeness (QED) is 0.373. The van der Waals surface area contributed by atoms with Crippen molar-refractivity contribution in [3.8, 4) is 0 Å². The molecule has 0 unspecified atom stereocenters. The van der Waals surface area contributed by atoms with Gasteiger partial charge in [-0.25, -0.2) is 9.78 Å². The molecular weight excluding hydrogens is 408 g/mol. The van der Waals surface area contributed by atoms with E-state index in [0.29, 0.717) is 22.5 Å². The number of fused-ring (bicyclic) bond motifs is 1. The van der Waals surface area contributed by atoms with Crippen LogP contribution in [-0.2, 0) is 16.6 Å². The van der Waals surface area contributed by atoms with Crippen LogP contribution in [0, 0.1) is 6.92 Å². The monoisotopic (exact) mass is 428 g/mol. The van der Waals surface area contributed by atoms with Crippen molar-refractivity contribution < 1.29 is 19.1 Å². The van der Waals surface area contributed by atoms with Crippen molar-refractivity contribution in [2.45, 2.75) is 6.92 Å². The molecule has 160 valence electrons. The molecule has 0 aliphatic heterocycles. The predicted octanol–water partition coefficient (Wildman–Crippen LogP) is 3.30. The van der Waals surface area contributed by atoms with E-state index in [4.69, 9.17) is 4.74 Å². The lowest BCUT2D eigenvalue weighted by molar-refractivity contribution is -0.119. The Kier molecular flexibility index (Phi) is 5.76. The number of amides is 1. The molecule has 2 heterocycles. The number of ketones is 1. The first-order chi connectivity index (χ1) is 15.4. The van der Waals surface area contributed by atoms with Crippen molar-refractivity contribution in [3.05, 3.63) is 89.2 Å². The average Bonchev–Trinajstić information content (AvgIpc) is 3.10. The molecule has 0 spiro atoms. The number of ether oxygens (including phenoxy) is 1. The number of para-hydroxylation sites is 1. The highest BCUT2D eigenvalue weighted by molar-refractivity contribution is 6.14. The normalized spacial score (nSPS) is 10.7. The highest BCUT2D eigenvalue weighted by Crippen LogP contribution is 2.20. The molecule has 8 nitrogen and oxygen atoms in total. The molecule has 32 heavy (non-hydrogen) atoms. The Labute approximate surface area is 183 Å². The summed E-state index contributed by atoms with van der Waals surface area (Å²) in [7, 11) is 1.77. The number of benzene rings is 2. The van der Waals surface area contributed by atoms with Crippen LogP contribution in [0.25, 0.3) is 11.0 Å². The van der Waals surface area contributed by atoms with E-state index in [1.807, 2.05) is 13.0 Å². The van der Waals surface area contributed by atoms with Gasteiger partial charge < -0.3 is 10.1 Å². The molecule has 2 aromatic heterocycles. The molecule has 0 bridgehead atoms. The second-order valence-electron chi connectivity index (χ2n) is 7.17. The van der Waals surface area contributed by atoms with Gasteiger partial charge in [0.1, 0.15) is 0 Å². The molecule has 0 saturated heterocycles. The number of carbonyl (C=O) groups is 3. The summed E-state index contributed by atoms with van der Waals surface area (Å²) in [5.41, 5.74) is 2.81. The third-order valence-electron chi connectivity index (χ3n) is 4.91. The number of hydrogen-bond acceptors (Lipinski definition) is 6. The van der Waals surface area contributed by atoms with E-state index >= 15 is 0 Å². The second kappa shape index (κ2) is 8.81. The first-order valence-electron chi connectivity index (χ1n) is 9.89. The molecule has 1 amide bonds. The molecule has 0 fully saturated rings. The van der Waals surface area contributed by atoms with E-state index in [1.54, 1.807) is 66.3 Å². The van der Waals surface area contributed by atoms with Crippen molar-refractivity contribution in [1.29, 1.82) is 0 Å². The van der Waals surface area contributed by atoms with E-state index in [9.17, 15) is 14.4 Å². The number of anilines is 1. The maximum atomic E-state index is 12.8. The number of pyridine rings is 1. The van der Waals surface area contributed by atoms with Crippen LogP contribution in [0.3, 0.4) is 0 Å². The van der Waals surface area contributed by atoms with Crippen LogP contribution in [0.1, 0.15) is 32.0 Å². The van der Waals surface area contributed by atoms with Crippen LogP contribution in [0.4, 0.5) is 5.69 Å². The van der Waals surface area contributed by atoms with E-state index in [1.165, 1.54) is 6.20 Å². The number of esters is 1. The van der Waals surface area contributed by atoms with Gasteiger partial charge >= 0.3 is 5.97 Å². The Morgan fingerprint density at radius 1 is 1.00 bits per heavy atom. The SMILES string of the molecule is Cc1nn(C)c2ncc(C(=O)OCC(=O)Nc3ccccc3C(=O)c3ccccc3)cc12. The Balaban J connectivity index is 1.43. The van der Waals surface area contributed by atoms with E-state index in [2.05, 4.69) is 15.4 Å². The van der Waals surface area contributed by atoms with Crippen molar-refractivity contribution in [2.75, 3.05) is 11.9 Å². The number of hydrogen-bond donors (Lipinski definition) is 1. The topological polar surface area (TPSA) is 103 Å². The standard InChI is InChI=1S/C24H20N4O4/c1-15-19-12-17(13-25-23(19)28(2)27-15)24(31)32-14-21(29)26-20-11-7-6-10-18(20)22(30)16-8-4-3-5-9-16/h3-13H,14H2,1-2H3,(H,26,29). The molecule has 0 aliphatic rings. The summed E-state index contributed by atoms with van der Waals surface area (Å²) >= 11 is 0. The lowest BCUT2D eigenvalue weighted by Crippen LogP contribution is -2.22. The Morgan fingerprint density at radius 3 is 2.50 bits per heavy atom. The number of aromatic nitrogens is 3. The molecule has 0 aliphatic carbocycles. The zero-order valence-electron chi connectivity index (χ0n) is 17.5. The minimum absolute atomic E-state index is 0.218. The first-order valence-corrected chi connectivity index (χ1v) is 9.89. The Bertz CT molecular complexity index is 1330. The van der Waals surface area contributed by atoms with Gasteiger partial charge in [-0.2, -0.15) is 5.10 Å². The van der Waals surface area contributed by atoms with E-state index in [0.717, 1.165) is 11.1 Å². The van der Waals surface area contributed by atoms with Crippen molar-refractivity contribution in [3.63, 3.8) is 0 Å². The number of rotatable bonds is 6. The summed E-state index contributed by atoms with van der Waals surface area (Å²) in [6.07, 6.45) is 1.39.